The van der Waals surface area contributed by atoms with Gasteiger partial charge in [-0.05, 0) is 25.3 Å². The van der Waals surface area contributed by atoms with Crippen LogP contribution in [0.4, 0.5) is 0 Å². The number of nitriles is 1. The number of allylic oxidation sites excluding steroid dienone is 4. The first-order valence-electron chi connectivity index (χ1n) is 3.57. The monoisotopic (exact) mass is 133 g/mol. The van der Waals surface area contributed by atoms with Gasteiger partial charge < -0.3 is 0 Å². The fourth-order valence-electron chi connectivity index (χ4n) is 1.15. The van der Waals surface area contributed by atoms with Crippen LogP contribution >= 0.6 is 0 Å². The van der Waals surface area contributed by atoms with Gasteiger partial charge in [0.1, 0.15) is 0 Å². The lowest BCUT2D eigenvalue weighted by Crippen LogP contribution is -1.89. The molecule has 0 N–H and O–H groups in total. The molecule has 0 atom stereocenters. The molecule has 0 spiro atoms. The lowest BCUT2D eigenvalue weighted by molar-refractivity contribution is 0.974. The molecule has 1 nitrogen and oxygen atoms in total. The maximum absolute atomic E-state index is 8.42. The molecule has 1 rings (SSSR count). The van der Waals surface area contributed by atoms with Crippen molar-refractivity contribution in [1.82, 2.24) is 0 Å². The van der Waals surface area contributed by atoms with Crippen LogP contribution in [0.5, 0.6) is 0 Å². The molecule has 1 heteroatoms. The Hall–Kier alpha value is -1.03. The Labute approximate surface area is 61.7 Å². The van der Waals surface area contributed by atoms with Crippen molar-refractivity contribution >= 4 is 0 Å². The Morgan fingerprint density at radius 3 is 2.80 bits per heavy atom. The first kappa shape index (κ1) is 7.08. The molecule has 10 heavy (non-hydrogen) atoms. The van der Waals surface area contributed by atoms with Crippen molar-refractivity contribution in [2.24, 2.45) is 0 Å². The third-order valence-electron chi connectivity index (χ3n) is 1.78. The lowest BCUT2D eigenvalue weighted by atomic mass is 9.97. The van der Waals surface area contributed by atoms with Gasteiger partial charge in [0.2, 0.25) is 0 Å². The van der Waals surface area contributed by atoms with E-state index in [0.717, 1.165) is 12.8 Å². The Balaban J connectivity index is 2.67. The topological polar surface area (TPSA) is 23.8 Å². The highest BCUT2D eigenvalue weighted by atomic mass is 14.2. The van der Waals surface area contributed by atoms with Crippen LogP contribution in [0.2, 0.25) is 0 Å². The number of hydrogen-bond acceptors (Lipinski definition) is 1. The number of nitrogens with zero attached hydrogens (tertiary/aromatic N) is 1. The van der Waals surface area contributed by atoms with E-state index < -0.39 is 0 Å². The summed E-state index contributed by atoms with van der Waals surface area (Å²) in [4.78, 5) is 0. The minimum absolute atomic E-state index is 0.572. The summed E-state index contributed by atoms with van der Waals surface area (Å²) in [5, 5.41) is 8.42. The molecule has 0 aromatic heterocycles. The maximum Gasteiger partial charge on any atom is 0.0669 e. The van der Waals surface area contributed by atoms with Gasteiger partial charge >= 0.3 is 0 Å². The Morgan fingerprint density at radius 1 is 1.50 bits per heavy atom. The summed E-state index contributed by atoms with van der Waals surface area (Å²) in [6, 6.07) is 2.16. The molecule has 0 aromatic rings. The van der Waals surface area contributed by atoms with Crippen molar-refractivity contribution in [1.29, 1.82) is 5.26 Å². The van der Waals surface area contributed by atoms with Gasteiger partial charge in [-0.3, -0.25) is 0 Å². The third-order valence-corrected chi connectivity index (χ3v) is 1.78. The van der Waals surface area contributed by atoms with E-state index >= 15 is 0 Å². The van der Waals surface area contributed by atoms with E-state index in [1.165, 1.54) is 11.1 Å². The highest BCUT2D eigenvalue weighted by Gasteiger charge is 2.02. The minimum Gasteiger partial charge on any atom is -0.198 e. The van der Waals surface area contributed by atoms with Crippen molar-refractivity contribution < 1.29 is 0 Å². The second kappa shape index (κ2) is 3.22. The van der Waals surface area contributed by atoms with Gasteiger partial charge in [0.05, 0.1) is 12.5 Å². The normalized spacial score (nSPS) is 17.2. The molecule has 0 fully saturated rings. The second-order valence-electron chi connectivity index (χ2n) is 2.53. The number of rotatable bonds is 1. The molecule has 0 radical (unpaired) electrons. The van der Waals surface area contributed by atoms with Crippen molar-refractivity contribution in [3.63, 3.8) is 0 Å². The van der Waals surface area contributed by atoms with Crippen LogP contribution in [0, 0.1) is 11.3 Å². The Bertz CT molecular complexity index is 215. The quantitative estimate of drug-likeness (QED) is 0.539. The summed E-state index contributed by atoms with van der Waals surface area (Å²) >= 11 is 0. The van der Waals surface area contributed by atoms with Gasteiger partial charge in [0, 0.05) is 0 Å². The summed E-state index contributed by atoms with van der Waals surface area (Å²) < 4.78 is 0. The summed E-state index contributed by atoms with van der Waals surface area (Å²) in [6.07, 6.45) is 7.18. The van der Waals surface area contributed by atoms with E-state index in [1.807, 2.05) is 0 Å². The fourth-order valence-corrected chi connectivity index (χ4v) is 1.15. The van der Waals surface area contributed by atoms with Crippen LogP contribution in [-0.2, 0) is 0 Å². The van der Waals surface area contributed by atoms with Crippen molar-refractivity contribution in [2.45, 2.75) is 26.2 Å². The third kappa shape index (κ3) is 1.48. The zero-order valence-electron chi connectivity index (χ0n) is 6.22. The van der Waals surface area contributed by atoms with Crippen LogP contribution in [-0.4, -0.2) is 0 Å². The molecule has 0 amide bonds. The zero-order chi connectivity index (χ0) is 7.40. The average molecular weight is 133 g/mol. The Morgan fingerprint density at radius 2 is 2.20 bits per heavy atom. The van der Waals surface area contributed by atoms with Gasteiger partial charge in [-0.15, -0.1) is 0 Å². The Kier molecular flexibility index (Phi) is 2.28. The maximum atomic E-state index is 8.42. The largest absolute Gasteiger partial charge is 0.198 e. The zero-order valence-corrected chi connectivity index (χ0v) is 6.22. The predicted octanol–water partition coefficient (Wildman–Crippen LogP) is 2.57. The van der Waals surface area contributed by atoms with E-state index in [1.54, 1.807) is 0 Å². The SMILES string of the molecule is CC1=CCCC=C1CC#N. The van der Waals surface area contributed by atoms with E-state index in [2.05, 4.69) is 25.1 Å². The summed E-state index contributed by atoms with van der Waals surface area (Å²) in [7, 11) is 0. The molecule has 0 bridgehead atoms. The molecule has 1 aliphatic carbocycles. The molecular weight excluding hydrogens is 122 g/mol. The van der Waals surface area contributed by atoms with Crippen LogP contribution in [0.3, 0.4) is 0 Å². The summed E-state index contributed by atoms with van der Waals surface area (Å²) in [5.41, 5.74) is 2.50. The van der Waals surface area contributed by atoms with Crippen LogP contribution < -0.4 is 0 Å². The van der Waals surface area contributed by atoms with Crippen LogP contribution in [0.25, 0.3) is 0 Å². The first-order chi connectivity index (χ1) is 4.84. The lowest BCUT2D eigenvalue weighted by Gasteiger charge is -2.08. The van der Waals surface area contributed by atoms with Crippen LogP contribution in [0.15, 0.2) is 23.3 Å². The van der Waals surface area contributed by atoms with E-state index in [-0.39, 0.29) is 0 Å². The van der Waals surface area contributed by atoms with E-state index in [9.17, 15) is 0 Å². The highest BCUT2D eigenvalue weighted by molar-refractivity contribution is 5.33. The standard InChI is InChI=1S/C9H11N/c1-8-4-2-3-5-9(8)6-7-10/h4-5H,2-3,6H2,1H3. The second-order valence-corrected chi connectivity index (χ2v) is 2.53. The highest BCUT2D eigenvalue weighted by Crippen LogP contribution is 2.19. The molecule has 0 heterocycles. The predicted molar refractivity (Wildman–Crippen MR) is 41.3 cm³/mol. The van der Waals surface area contributed by atoms with Gasteiger partial charge in [-0.25, -0.2) is 0 Å². The summed E-state index contributed by atoms with van der Waals surface area (Å²) in [6.45, 7) is 2.07. The van der Waals surface area contributed by atoms with E-state index in [0.29, 0.717) is 6.42 Å². The van der Waals surface area contributed by atoms with Gasteiger partial charge in [0.25, 0.3) is 0 Å². The average Bonchev–Trinajstić information content (AvgIpc) is 1.94. The molecule has 0 unspecified atom stereocenters. The first-order valence-corrected chi connectivity index (χ1v) is 3.57. The van der Waals surface area contributed by atoms with Crippen molar-refractivity contribution in [2.75, 3.05) is 0 Å². The van der Waals surface area contributed by atoms with Crippen molar-refractivity contribution in [3.8, 4) is 6.07 Å². The molecule has 0 saturated carbocycles. The number of hydrogen-bond donors (Lipinski definition) is 0. The molecule has 52 valence electrons. The molecule has 0 saturated heterocycles. The summed E-state index contributed by atoms with van der Waals surface area (Å²) in [5.74, 6) is 0. The smallest absolute Gasteiger partial charge is 0.0669 e. The molecular formula is C9H11N. The van der Waals surface area contributed by atoms with Gasteiger partial charge in [-0.1, -0.05) is 17.7 Å². The van der Waals surface area contributed by atoms with Gasteiger partial charge in [0.15, 0.2) is 0 Å². The minimum atomic E-state index is 0.572. The fraction of sp³-hybridized carbons (Fsp3) is 0.444. The molecule has 1 aliphatic rings. The van der Waals surface area contributed by atoms with Gasteiger partial charge in [-0.2, -0.15) is 5.26 Å². The van der Waals surface area contributed by atoms with Crippen molar-refractivity contribution in [3.05, 3.63) is 23.3 Å². The molecule has 0 aromatic carbocycles. The van der Waals surface area contributed by atoms with Crippen LogP contribution in [0.1, 0.15) is 26.2 Å². The molecule has 0 aliphatic heterocycles. The van der Waals surface area contributed by atoms with E-state index in [4.69, 9.17) is 5.26 Å².